The quantitative estimate of drug-likeness (QED) is 0.0983. The summed E-state index contributed by atoms with van der Waals surface area (Å²) < 4.78 is 0. The van der Waals surface area contributed by atoms with Gasteiger partial charge >= 0.3 is 5.91 Å². The number of anilines is 1. The highest BCUT2D eigenvalue weighted by atomic mass is 32.1. The van der Waals surface area contributed by atoms with Crippen molar-refractivity contribution in [2.75, 3.05) is 11.4 Å². The highest BCUT2D eigenvalue weighted by Crippen LogP contribution is 2.39. The summed E-state index contributed by atoms with van der Waals surface area (Å²) >= 11 is 2.99. The fourth-order valence-electron chi connectivity index (χ4n) is 5.78. The number of thiazole rings is 1. The molecule has 0 aliphatic carbocycles. The molecule has 4 nitrogen and oxygen atoms in total. The Morgan fingerprint density at radius 3 is 1.82 bits per heavy atom. The van der Waals surface area contributed by atoms with Crippen LogP contribution in [0.25, 0.3) is 9.88 Å². The summed E-state index contributed by atoms with van der Waals surface area (Å²) in [5.74, 6) is 0.570. The predicted molar refractivity (Wildman–Crippen MR) is 169 cm³/mol. The van der Waals surface area contributed by atoms with Crippen LogP contribution in [0, 0.1) is 5.92 Å². The molecule has 0 spiro atoms. The van der Waals surface area contributed by atoms with Crippen molar-refractivity contribution < 1.29 is 9.59 Å². The predicted octanol–water partition coefficient (Wildman–Crippen LogP) is 10.9. The molecule has 0 radical (unpaired) electrons. The van der Waals surface area contributed by atoms with Crippen LogP contribution in [0.3, 0.4) is 0 Å². The first-order valence-electron chi connectivity index (χ1n) is 16.1. The fourth-order valence-corrected chi connectivity index (χ4v) is 7.57. The van der Waals surface area contributed by atoms with Gasteiger partial charge in [-0.15, -0.1) is 22.7 Å². The molecule has 0 saturated heterocycles. The van der Waals surface area contributed by atoms with Gasteiger partial charge in [-0.1, -0.05) is 135 Å². The van der Waals surface area contributed by atoms with Crippen LogP contribution >= 0.6 is 22.7 Å². The van der Waals surface area contributed by atoms with Crippen molar-refractivity contribution >= 4 is 40.2 Å². The Morgan fingerprint density at radius 1 is 0.744 bits per heavy atom. The molecule has 1 amide bonds. The molecule has 0 N–H and O–H groups in total. The normalized spacial score (nSPS) is 13.3. The van der Waals surface area contributed by atoms with E-state index in [-0.39, 0.29) is 11.7 Å². The standard InChI is InChI=1S/C33H52N2O2S2/c1-3-5-7-9-11-13-15-17-21-27(22-18-16-14-12-10-8-6-4-2)23-19-25-35-31-30(29(36)33(35)37)39-32(34-31)28-24-20-26-38-28/h20,24,26-27H,3-19,21-23,25H2,1-2H3. The van der Waals surface area contributed by atoms with Crippen molar-refractivity contribution in [1.29, 1.82) is 0 Å². The Kier molecular flexibility index (Phi) is 15.4. The monoisotopic (exact) mass is 572 g/mol. The van der Waals surface area contributed by atoms with Crippen molar-refractivity contribution in [2.45, 2.75) is 142 Å². The number of hydrogen-bond acceptors (Lipinski definition) is 5. The third-order valence-electron chi connectivity index (χ3n) is 8.17. The second-order valence-corrected chi connectivity index (χ2v) is 13.4. The number of Topliss-reactive ketones (excluding diaryl/α,β-unsaturated/α-hetero) is 1. The lowest BCUT2D eigenvalue weighted by Crippen LogP contribution is -2.31. The Balaban J connectivity index is 1.44. The van der Waals surface area contributed by atoms with Crippen molar-refractivity contribution in [3.63, 3.8) is 0 Å². The molecular weight excluding hydrogens is 521 g/mol. The van der Waals surface area contributed by atoms with E-state index in [1.54, 1.807) is 16.2 Å². The molecule has 0 unspecified atom stereocenters. The van der Waals surface area contributed by atoms with Crippen LogP contribution in [0.5, 0.6) is 0 Å². The average Bonchev–Trinajstić information content (AvgIpc) is 3.67. The highest BCUT2D eigenvalue weighted by molar-refractivity contribution is 7.23. The van der Waals surface area contributed by atoms with Gasteiger partial charge in [-0.25, -0.2) is 4.98 Å². The number of amides is 1. The summed E-state index contributed by atoms with van der Waals surface area (Å²) in [6, 6.07) is 4.02. The maximum atomic E-state index is 12.7. The minimum absolute atomic E-state index is 0.375. The number of ketones is 1. The van der Waals surface area contributed by atoms with E-state index in [0.29, 0.717) is 17.2 Å². The van der Waals surface area contributed by atoms with E-state index in [2.05, 4.69) is 13.8 Å². The number of thiophene rings is 1. The Morgan fingerprint density at radius 2 is 1.28 bits per heavy atom. The molecule has 0 aromatic carbocycles. The second-order valence-electron chi connectivity index (χ2n) is 11.5. The Bertz CT molecular complexity index is 933. The molecule has 2 aromatic rings. The zero-order valence-corrected chi connectivity index (χ0v) is 26.3. The van der Waals surface area contributed by atoms with Gasteiger partial charge in [0.25, 0.3) is 5.78 Å². The lowest BCUT2D eigenvalue weighted by molar-refractivity contribution is -0.114. The van der Waals surface area contributed by atoms with Crippen molar-refractivity contribution in [3.05, 3.63) is 22.4 Å². The number of hydrogen-bond donors (Lipinski definition) is 0. The third kappa shape index (κ3) is 10.8. The topological polar surface area (TPSA) is 50.3 Å². The molecule has 0 bridgehead atoms. The van der Waals surface area contributed by atoms with E-state index in [4.69, 9.17) is 4.98 Å². The molecule has 0 fully saturated rings. The zero-order valence-electron chi connectivity index (χ0n) is 24.7. The molecule has 0 atom stereocenters. The van der Waals surface area contributed by atoms with Crippen LogP contribution in [0.2, 0.25) is 0 Å². The smallest absolute Gasteiger partial charge is 0.288 e. The zero-order chi connectivity index (χ0) is 27.7. The molecule has 6 heteroatoms. The SMILES string of the molecule is CCCCCCCCCCC(CCCCCCCCCC)CCCN1C(=O)C(=O)c2sc(-c3cccs3)nc21. The van der Waals surface area contributed by atoms with Crippen LogP contribution in [0.4, 0.5) is 5.82 Å². The fraction of sp³-hybridized carbons (Fsp3) is 0.727. The van der Waals surface area contributed by atoms with E-state index in [0.717, 1.165) is 28.6 Å². The van der Waals surface area contributed by atoms with Crippen molar-refractivity contribution in [3.8, 4) is 9.88 Å². The highest BCUT2D eigenvalue weighted by Gasteiger charge is 2.39. The van der Waals surface area contributed by atoms with Gasteiger partial charge in [0.15, 0.2) is 5.82 Å². The summed E-state index contributed by atoms with van der Waals surface area (Å²) in [7, 11) is 0. The molecule has 3 heterocycles. The molecule has 3 rings (SSSR count). The number of carbonyl (C=O) groups excluding carboxylic acids is 2. The molecule has 2 aromatic heterocycles. The number of unbranched alkanes of at least 4 members (excludes halogenated alkanes) is 14. The number of rotatable bonds is 23. The van der Waals surface area contributed by atoms with Crippen LogP contribution < -0.4 is 4.90 Å². The summed E-state index contributed by atoms with van der Waals surface area (Å²) in [5, 5.41) is 2.87. The van der Waals surface area contributed by atoms with Crippen LogP contribution in [-0.4, -0.2) is 23.2 Å². The van der Waals surface area contributed by atoms with Gasteiger partial charge in [-0.05, 0) is 30.2 Å². The minimum Gasteiger partial charge on any atom is -0.288 e. The van der Waals surface area contributed by atoms with Crippen LogP contribution in [0.15, 0.2) is 17.5 Å². The summed E-state index contributed by atoms with van der Waals surface area (Å²) in [4.78, 5) is 33.3. The van der Waals surface area contributed by atoms with Gasteiger partial charge in [0, 0.05) is 6.54 Å². The van der Waals surface area contributed by atoms with Gasteiger partial charge in [0.2, 0.25) is 0 Å². The maximum absolute atomic E-state index is 12.7. The first kappa shape index (κ1) is 32.0. The van der Waals surface area contributed by atoms with E-state index in [1.807, 2.05) is 17.5 Å². The Hall–Kier alpha value is -1.53. The van der Waals surface area contributed by atoms with Gasteiger partial charge in [-0.3, -0.25) is 14.5 Å². The lowest BCUT2D eigenvalue weighted by atomic mass is 9.90. The third-order valence-corrected chi connectivity index (χ3v) is 10.3. The first-order valence-corrected chi connectivity index (χ1v) is 17.8. The number of carbonyl (C=O) groups is 2. The Labute approximate surface area is 246 Å². The summed E-state index contributed by atoms with van der Waals surface area (Å²) in [6.45, 7) is 5.17. The van der Waals surface area contributed by atoms with Gasteiger partial charge in [-0.2, -0.15) is 0 Å². The average molecular weight is 573 g/mol. The van der Waals surface area contributed by atoms with Gasteiger partial charge in [0.05, 0.1) is 4.88 Å². The van der Waals surface area contributed by atoms with E-state index in [9.17, 15) is 9.59 Å². The first-order chi connectivity index (χ1) is 19.2. The molecule has 1 aliphatic heterocycles. The van der Waals surface area contributed by atoms with Crippen molar-refractivity contribution in [1.82, 2.24) is 4.98 Å². The van der Waals surface area contributed by atoms with Crippen molar-refractivity contribution in [2.24, 2.45) is 5.92 Å². The molecule has 39 heavy (non-hydrogen) atoms. The largest absolute Gasteiger partial charge is 0.301 e. The maximum Gasteiger partial charge on any atom is 0.301 e. The molecule has 0 saturated carbocycles. The van der Waals surface area contributed by atoms with E-state index in [1.165, 1.54) is 127 Å². The molecule has 1 aliphatic rings. The van der Waals surface area contributed by atoms with Crippen LogP contribution in [-0.2, 0) is 4.79 Å². The number of fused-ring (bicyclic) bond motifs is 1. The summed E-state index contributed by atoms with van der Waals surface area (Å²) in [6.07, 6.45) is 26.6. The van der Waals surface area contributed by atoms with E-state index < -0.39 is 0 Å². The lowest BCUT2D eigenvalue weighted by Gasteiger charge is -2.19. The second kappa shape index (κ2) is 18.7. The van der Waals surface area contributed by atoms with Gasteiger partial charge < -0.3 is 0 Å². The van der Waals surface area contributed by atoms with Gasteiger partial charge in [0.1, 0.15) is 9.88 Å². The number of nitrogens with zero attached hydrogens (tertiary/aromatic N) is 2. The minimum atomic E-state index is -0.385. The summed E-state index contributed by atoms with van der Waals surface area (Å²) in [5.41, 5.74) is 0. The number of aromatic nitrogens is 1. The molecule has 218 valence electrons. The molecular formula is C33H52N2O2S2. The van der Waals surface area contributed by atoms with E-state index >= 15 is 0 Å². The van der Waals surface area contributed by atoms with Crippen LogP contribution in [0.1, 0.15) is 152 Å².